The van der Waals surface area contributed by atoms with Gasteiger partial charge in [0.05, 0.1) is 11.6 Å². The number of carbonyl (C=O) groups is 1. The summed E-state index contributed by atoms with van der Waals surface area (Å²) in [6, 6.07) is 16.9. The van der Waals surface area contributed by atoms with Gasteiger partial charge in [-0.2, -0.15) is 5.26 Å². The molecule has 0 radical (unpaired) electrons. The van der Waals surface area contributed by atoms with Crippen LogP contribution in [0.15, 0.2) is 81.1 Å². The quantitative estimate of drug-likeness (QED) is 0.284. The fraction of sp³-hybridized carbons (Fsp3) is 0.179. The molecule has 1 heterocycles. The molecule has 34 heavy (non-hydrogen) atoms. The SMILES string of the molecule is CC(C)=C(/N=C\C=C(/C)Nc1c(C)cc(-c2ccc(C=O)o2)cc1C)Nc1ccc(C#N)cc1. The molecule has 6 nitrogen and oxygen atoms in total. The number of benzene rings is 2. The first-order valence-corrected chi connectivity index (χ1v) is 10.9. The summed E-state index contributed by atoms with van der Waals surface area (Å²) in [5, 5.41) is 15.7. The second-order valence-corrected chi connectivity index (χ2v) is 8.22. The molecule has 172 valence electrons. The Balaban J connectivity index is 1.72. The first kappa shape index (κ1) is 24.3. The lowest BCUT2D eigenvalue weighted by atomic mass is 10.0. The van der Waals surface area contributed by atoms with Crippen molar-refractivity contribution in [2.75, 3.05) is 10.6 Å². The summed E-state index contributed by atoms with van der Waals surface area (Å²) in [5.74, 6) is 1.73. The van der Waals surface area contributed by atoms with Crippen molar-refractivity contribution in [1.29, 1.82) is 5.26 Å². The van der Waals surface area contributed by atoms with Gasteiger partial charge in [-0.05, 0) is 106 Å². The average Bonchev–Trinajstić information content (AvgIpc) is 3.30. The monoisotopic (exact) mass is 452 g/mol. The van der Waals surface area contributed by atoms with E-state index in [2.05, 4.69) is 21.7 Å². The van der Waals surface area contributed by atoms with E-state index in [1.807, 2.05) is 65.0 Å². The van der Waals surface area contributed by atoms with Gasteiger partial charge >= 0.3 is 0 Å². The molecule has 3 rings (SSSR count). The summed E-state index contributed by atoms with van der Waals surface area (Å²) in [7, 11) is 0. The van der Waals surface area contributed by atoms with E-state index in [0.29, 0.717) is 23.4 Å². The average molecular weight is 453 g/mol. The minimum Gasteiger partial charge on any atom is -0.453 e. The summed E-state index contributed by atoms with van der Waals surface area (Å²) in [6.07, 6.45) is 4.37. The number of furan rings is 1. The van der Waals surface area contributed by atoms with Crippen LogP contribution in [0.4, 0.5) is 11.4 Å². The molecule has 0 bridgehead atoms. The Morgan fingerprint density at radius 2 is 1.68 bits per heavy atom. The predicted octanol–water partition coefficient (Wildman–Crippen LogP) is 7.00. The van der Waals surface area contributed by atoms with E-state index >= 15 is 0 Å². The zero-order valence-electron chi connectivity index (χ0n) is 20.1. The second kappa shape index (κ2) is 11.0. The van der Waals surface area contributed by atoms with Crippen molar-refractivity contribution in [2.45, 2.75) is 34.6 Å². The Kier molecular flexibility index (Phi) is 7.83. The molecule has 0 amide bonds. The number of aldehydes is 1. The van der Waals surface area contributed by atoms with E-state index in [-0.39, 0.29) is 0 Å². The number of rotatable bonds is 8. The molecule has 1 aromatic heterocycles. The number of hydrogen-bond acceptors (Lipinski definition) is 6. The molecule has 0 spiro atoms. The van der Waals surface area contributed by atoms with Gasteiger partial charge in [-0.25, -0.2) is 4.99 Å². The van der Waals surface area contributed by atoms with Gasteiger partial charge in [-0.1, -0.05) is 0 Å². The van der Waals surface area contributed by atoms with E-state index in [0.717, 1.165) is 45.2 Å². The third-order valence-corrected chi connectivity index (χ3v) is 5.16. The van der Waals surface area contributed by atoms with Crippen LogP contribution < -0.4 is 10.6 Å². The van der Waals surface area contributed by atoms with Crippen LogP contribution in [0, 0.1) is 25.2 Å². The highest BCUT2D eigenvalue weighted by Gasteiger charge is 2.10. The normalized spacial score (nSPS) is 11.2. The fourth-order valence-electron chi connectivity index (χ4n) is 3.39. The van der Waals surface area contributed by atoms with Gasteiger partial charge in [0, 0.05) is 28.8 Å². The summed E-state index contributed by atoms with van der Waals surface area (Å²) in [4.78, 5) is 15.5. The molecular weight excluding hydrogens is 424 g/mol. The van der Waals surface area contributed by atoms with Crippen LogP contribution in [0.2, 0.25) is 0 Å². The van der Waals surface area contributed by atoms with Crippen molar-refractivity contribution in [3.8, 4) is 17.4 Å². The molecule has 0 unspecified atom stereocenters. The molecule has 2 N–H and O–H groups in total. The van der Waals surface area contributed by atoms with Crippen molar-refractivity contribution in [3.63, 3.8) is 0 Å². The summed E-state index contributed by atoms with van der Waals surface area (Å²) >= 11 is 0. The second-order valence-electron chi connectivity index (χ2n) is 8.22. The minimum absolute atomic E-state index is 0.315. The molecule has 2 aromatic carbocycles. The van der Waals surface area contributed by atoms with Crippen LogP contribution in [0.5, 0.6) is 0 Å². The highest BCUT2D eigenvalue weighted by Crippen LogP contribution is 2.30. The fourth-order valence-corrected chi connectivity index (χ4v) is 3.39. The van der Waals surface area contributed by atoms with E-state index < -0.39 is 0 Å². The predicted molar refractivity (Wildman–Crippen MR) is 138 cm³/mol. The van der Waals surface area contributed by atoms with Gasteiger partial charge in [-0.15, -0.1) is 0 Å². The largest absolute Gasteiger partial charge is 0.453 e. The number of carbonyl (C=O) groups excluding carboxylic acids is 1. The highest BCUT2D eigenvalue weighted by molar-refractivity contribution is 5.77. The zero-order valence-corrected chi connectivity index (χ0v) is 20.1. The minimum atomic E-state index is 0.315. The molecule has 0 aliphatic carbocycles. The van der Waals surface area contributed by atoms with Crippen molar-refractivity contribution < 1.29 is 9.21 Å². The van der Waals surface area contributed by atoms with Crippen LogP contribution >= 0.6 is 0 Å². The molecule has 0 saturated heterocycles. The maximum absolute atomic E-state index is 10.9. The smallest absolute Gasteiger partial charge is 0.185 e. The zero-order chi connectivity index (χ0) is 24.7. The van der Waals surface area contributed by atoms with E-state index in [1.54, 1.807) is 30.5 Å². The van der Waals surface area contributed by atoms with Crippen molar-refractivity contribution in [2.24, 2.45) is 4.99 Å². The number of anilines is 2. The van der Waals surface area contributed by atoms with Crippen molar-refractivity contribution in [3.05, 3.63) is 94.1 Å². The van der Waals surface area contributed by atoms with Crippen LogP contribution in [0.25, 0.3) is 11.3 Å². The third kappa shape index (κ3) is 6.11. The molecule has 0 aliphatic heterocycles. The Bertz CT molecular complexity index is 1290. The lowest BCUT2D eigenvalue weighted by Gasteiger charge is -2.14. The van der Waals surface area contributed by atoms with Gasteiger partial charge in [0.15, 0.2) is 12.0 Å². The van der Waals surface area contributed by atoms with Gasteiger partial charge in [-0.3, -0.25) is 4.79 Å². The molecule has 0 aliphatic rings. The molecule has 0 atom stereocenters. The van der Waals surface area contributed by atoms with Crippen molar-refractivity contribution >= 4 is 23.9 Å². The van der Waals surface area contributed by atoms with Crippen LogP contribution in [0.1, 0.15) is 48.0 Å². The number of aryl methyl sites for hydroxylation is 2. The number of allylic oxidation sites excluding steroid dienone is 3. The number of nitriles is 1. The summed E-state index contributed by atoms with van der Waals surface area (Å²) in [6.45, 7) is 10.0. The maximum Gasteiger partial charge on any atom is 0.185 e. The highest BCUT2D eigenvalue weighted by atomic mass is 16.3. The molecule has 3 aromatic rings. The lowest BCUT2D eigenvalue weighted by molar-refractivity contribution is 0.110. The topological polar surface area (TPSA) is 90.4 Å². The van der Waals surface area contributed by atoms with E-state index in [4.69, 9.17) is 9.68 Å². The van der Waals surface area contributed by atoms with Gasteiger partial charge in [0.2, 0.25) is 0 Å². The lowest BCUT2D eigenvalue weighted by Crippen LogP contribution is -2.02. The van der Waals surface area contributed by atoms with Gasteiger partial charge < -0.3 is 15.1 Å². The van der Waals surface area contributed by atoms with Gasteiger partial charge in [0.1, 0.15) is 11.6 Å². The maximum atomic E-state index is 10.9. The van der Waals surface area contributed by atoms with Crippen LogP contribution in [-0.4, -0.2) is 12.5 Å². The first-order valence-electron chi connectivity index (χ1n) is 10.9. The van der Waals surface area contributed by atoms with Crippen LogP contribution in [-0.2, 0) is 0 Å². The van der Waals surface area contributed by atoms with Gasteiger partial charge in [0.25, 0.3) is 0 Å². The number of nitrogens with zero attached hydrogens (tertiary/aromatic N) is 2. The third-order valence-electron chi connectivity index (χ3n) is 5.16. The Morgan fingerprint density at radius 3 is 2.24 bits per heavy atom. The summed E-state index contributed by atoms with van der Waals surface area (Å²) < 4.78 is 5.56. The molecule has 0 fully saturated rings. The number of hydrogen-bond donors (Lipinski definition) is 2. The summed E-state index contributed by atoms with van der Waals surface area (Å²) in [5.41, 5.74) is 7.55. The Hall–Kier alpha value is -4.37. The van der Waals surface area contributed by atoms with Crippen LogP contribution in [0.3, 0.4) is 0 Å². The molecule has 0 saturated carbocycles. The first-order chi connectivity index (χ1) is 16.3. The molecular formula is C28H28N4O2. The van der Waals surface area contributed by atoms with Crippen molar-refractivity contribution in [1.82, 2.24) is 0 Å². The molecule has 6 heteroatoms. The van der Waals surface area contributed by atoms with E-state index in [9.17, 15) is 4.79 Å². The Morgan fingerprint density at radius 1 is 1.00 bits per heavy atom. The van der Waals surface area contributed by atoms with E-state index in [1.165, 1.54) is 0 Å². The number of aliphatic imine (C=N–C) groups is 1. The standard InChI is InChI=1S/C28H28N4O2/c1-18(2)28(32-24-8-6-22(16-29)7-9-24)30-13-12-21(5)31-27-19(3)14-23(15-20(27)4)26-11-10-25(17-33)34-26/h6-15,17,31-32H,1-5H3/b21-12+,30-13-. The Labute approximate surface area is 200 Å². The number of nitrogens with one attached hydrogen (secondary N) is 2.